The predicted octanol–water partition coefficient (Wildman–Crippen LogP) is 4.23. The van der Waals surface area contributed by atoms with Crippen LogP contribution in [0.1, 0.15) is 18.6 Å². The molecule has 2 aliphatic heterocycles. The molecule has 0 unspecified atom stereocenters. The van der Waals surface area contributed by atoms with Gasteiger partial charge < -0.3 is 4.74 Å². The lowest BCUT2D eigenvalue weighted by molar-refractivity contribution is -0.120. The number of para-hydroxylation sites is 1. The molecule has 0 saturated carbocycles. The minimum atomic E-state index is -1.05. The molecule has 6 heteroatoms. The Morgan fingerprint density at radius 3 is 2.61 bits per heavy atom. The molecule has 2 heterocycles. The number of hydrogen-bond donors (Lipinski definition) is 0. The van der Waals surface area contributed by atoms with Gasteiger partial charge in [0, 0.05) is 15.6 Å². The Balaban J connectivity index is 1.69. The third-order valence-electron chi connectivity index (χ3n) is 4.16. The van der Waals surface area contributed by atoms with Crippen LogP contribution >= 0.6 is 23.2 Å². The summed E-state index contributed by atoms with van der Waals surface area (Å²) in [6.45, 7) is 1.80. The number of ether oxygens (including phenoxy) is 1. The fourth-order valence-electron chi connectivity index (χ4n) is 2.91. The molecule has 1 saturated heterocycles. The number of halogens is 2. The first-order valence-corrected chi connectivity index (χ1v) is 7.87. The molecule has 4 rings (SSSR count). The summed E-state index contributed by atoms with van der Waals surface area (Å²) in [7, 11) is 0. The van der Waals surface area contributed by atoms with Gasteiger partial charge in [0.2, 0.25) is 5.60 Å². The van der Waals surface area contributed by atoms with Gasteiger partial charge in [-0.15, -0.1) is 0 Å². The Kier molecular flexibility index (Phi) is 3.23. The normalized spacial score (nSPS) is 25.9. The van der Waals surface area contributed by atoms with Crippen molar-refractivity contribution in [2.24, 2.45) is 5.10 Å². The molecule has 1 spiro atoms. The van der Waals surface area contributed by atoms with Crippen molar-refractivity contribution in [3.63, 3.8) is 0 Å². The molecular weight excluding hydrogens is 335 g/mol. The van der Waals surface area contributed by atoms with E-state index in [-0.39, 0.29) is 5.91 Å². The molecule has 0 radical (unpaired) electrons. The Hall–Kier alpha value is -1.88. The Bertz CT molecular complexity index is 838. The molecule has 2 aromatic rings. The molecule has 116 valence electrons. The van der Waals surface area contributed by atoms with Crippen molar-refractivity contribution < 1.29 is 9.53 Å². The monoisotopic (exact) mass is 346 g/mol. The zero-order chi connectivity index (χ0) is 16.2. The molecule has 0 aromatic heterocycles. The summed E-state index contributed by atoms with van der Waals surface area (Å²) in [4.78, 5) is 12.9. The van der Waals surface area contributed by atoms with E-state index in [0.29, 0.717) is 21.4 Å². The molecular formula is C17H12Cl2N2O2. The average Bonchev–Trinajstić information content (AvgIpc) is 3.23. The maximum absolute atomic E-state index is 12.9. The van der Waals surface area contributed by atoms with Crippen LogP contribution in [0.2, 0.25) is 10.0 Å². The fourth-order valence-corrected chi connectivity index (χ4v) is 3.42. The number of nitrogens with zero attached hydrogens (tertiary/aromatic N) is 2. The number of amides is 1. The van der Waals surface area contributed by atoms with Gasteiger partial charge in [-0.2, -0.15) is 10.1 Å². The highest BCUT2D eigenvalue weighted by Gasteiger charge is 2.70. The number of epoxide rings is 1. The molecule has 0 N–H and O–H groups in total. The second-order valence-electron chi connectivity index (χ2n) is 5.54. The van der Waals surface area contributed by atoms with Crippen LogP contribution in [-0.2, 0) is 9.53 Å². The van der Waals surface area contributed by atoms with Crippen LogP contribution in [0.15, 0.2) is 53.6 Å². The molecule has 2 aliphatic rings. The molecule has 2 aromatic carbocycles. The van der Waals surface area contributed by atoms with E-state index in [1.54, 1.807) is 25.1 Å². The Morgan fingerprint density at radius 2 is 1.91 bits per heavy atom. The highest BCUT2D eigenvalue weighted by Crippen LogP contribution is 2.56. The van der Waals surface area contributed by atoms with E-state index >= 15 is 0 Å². The Labute approximate surface area is 143 Å². The number of hydrogen-bond acceptors (Lipinski definition) is 3. The summed E-state index contributed by atoms with van der Waals surface area (Å²) in [5, 5.41) is 6.80. The summed E-state index contributed by atoms with van der Waals surface area (Å²) in [6.07, 6.45) is -0.433. The van der Waals surface area contributed by atoms with E-state index in [2.05, 4.69) is 5.10 Å². The van der Waals surface area contributed by atoms with Crippen molar-refractivity contribution >= 4 is 40.5 Å². The zero-order valence-corrected chi connectivity index (χ0v) is 13.7. The topological polar surface area (TPSA) is 45.2 Å². The second kappa shape index (κ2) is 5.06. The smallest absolute Gasteiger partial charge is 0.288 e. The number of carbonyl (C=O) groups is 1. The predicted molar refractivity (Wildman–Crippen MR) is 90.1 cm³/mol. The van der Waals surface area contributed by atoms with Crippen molar-refractivity contribution in [2.75, 3.05) is 5.01 Å². The Morgan fingerprint density at radius 1 is 1.17 bits per heavy atom. The van der Waals surface area contributed by atoms with E-state index in [0.717, 1.165) is 5.56 Å². The van der Waals surface area contributed by atoms with Gasteiger partial charge in [0.25, 0.3) is 5.91 Å². The third kappa shape index (κ3) is 2.10. The molecule has 4 nitrogen and oxygen atoms in total. The molecule has 23 heavy (non-hydrogen) atoms. The van der Waals surface area contributed by atoms with Crippen molar-refractivity contribution in [1.82, 2.24) is 0 Å². The first-order valence-electron chi connectivity index (χ1n) is 7.12. The van der Waals surface area contributed by atoms with Gasteiger partial charge in [0.05, 0.1) is 11.4 Å². The highest BCUT2D eigenvalue weighted by atomic mass is 35.5. The molecule has 0 aliphatic carbocycles. The minimum absolute atomic E-state index is 0.197. The molecule has 0 bridgehead atoms. The number of carbonyl (C=O) groups excluding carboxylic acids is 1. The van der Waals surface area contributed by atoms with Crippen molar-refractivity contribution in [2.45, 2.75) is 18.6 Å². The average molecular weight is 347 g/mol. The van der Waals surface area contributed by atoms with Crippen LogP contribution in [0.5, 0.6) is 0 Å². The standard InChI is InChI=1S/C17H12Cl2N2O2/c1-10-17(15(23-17)13-8-7-11(18)9-14(13)19)16(22)21(20-10)12-5-3-2-4-6-12/h2-9,15H,1H3/t15-,17+/m1/s1. The number of anilines is 1. The van der Waals surface area contributed by atoms with Crippen LogP contribution in [0.3, 0.4) is 0 Å². The quantitative estimate of drug-likeness (QED) is 0.764. The maximum Gasteiger partial charge on any atom is 0.288 e. The first kappa shape index (κ1) is 14.7. The van der Waals surface area contributed by atoms with Gasteiger partial charge in [0.1, 0.15) is 6.10 Å². The third-order valence-corrected chi connectivity index (χ3v) is 4.72. The second-order valence-corrected chi connectivity index (χ2v) is 6.38. The van der Waals surface area contributed by atoms with E-state index in [1.165, 1.54) is 5.01 Å². The van der Waals surface area contributed by atoms with Crippen LogP contribution in [-0.4, -0.2) is 17.2 Å². The lowest BCUT2D eigenvalue weighted by Crippen LogP contribution is -2.35. The van der Waals surface area contributed by atoms with Gasteiger partial charge in [-0.1, -0.05) is 47.5 Å². The van der Waals surface area contributed by atoms with Crippen LogP contribution in [0.25, 0.3) is 0 Å². The van der Waals surface area contributed by atoms with Gasteiger partial charge in [-0.25, -0.2) is 0 Å². The summed E-state index contributed by atoms with van der Waals surface area (Å²) in [5.41, 5.74) is 1.04. The van der Waals surface area contributed by atoms with Gasteiger partial charge in [-0.3, -0.25) is 4.79 Å². The fraction of sp³-hybridized carbons (Fsp3) is 0.176. The molecule has 1 amide bonds. The summed E-state index contributed by atoms with van der Waals surface area (Å²) in [5.74, 6) is -0.197. The summed E-state index contributed by atoms with van der Waals surface area (Å²) < 4.78 is 5.80. The number of rotatable bonds is 2. The number of hydrazone groups is 1. The van der Waals surface area contributed by atoms with E-state index in [1.807, 2.05) is 30.3 Å². The minimum Gasteiger partial charge on any atom is -0.344 e. The SMILES string of the molecule is CC1=NN(c2ccccc2)C(=O)[C@]12O[C@@H]2c1ccc(Cl)cc1Cl. The first-order chi connectivity index (χ1) is 11.0. The van der Waals surface area contributed by atoms with Crippen molar-refractivity contribution in [3.05, 3.63) is 64.1 Å². The van der Waals surface area contributed by atoms with E-state index < -0.39 is 11.7 Å². The maximum atomic E-state index is 12.9. The summed E-state index contributed by atoms with van der Waals surface area (Å²) in [6, 6.07) is 14.4. The lowest BCUT2D eigenvalue weighted by Gasteiger charge is -2.12. The van der Waals surface area contributed by atoms with Crippen molar-refractivity contribution in [1.29, 1.82) is 0 Å². The molecule has 2 atom stereocenters. The number of benzene rings is 2. The van der Waals surface area contributed by atoms with E-state index in [9.17, 15) is 4.79 Å². The zero-order valence-electron chi connectivity index (χ0n) is 12.2. The van der Waals surface area contributed by atoms with Crippen LogP contribution in [0.4, 0.5) is 5.69 Å². The van der Waals surface area contributed by atoms with Crippen molar-refractivity contribution in [3.8, 4) is 0 Å². The molecule has 1 fully saturated rings. The van der Waals surface area contributed by atoms with Crippen LogP contribution < -0.4 is 5.01 Å². The van der Waals surface area contributed by atoms with Gasteiger partial charge in [-0.05, 0) is 31.2 Å². The van der Waals surface area contributed by atoms with Gasteiger partial charge in [0.15, 0.2) is 0 Å². The highest BCUT2D eigenvalue weighted by molar-refractivity contribution is 6.35. The summed E-state index contributed by atoms with van der Waals surface area (Å²) >= 11 is 12.2. The largest absolute Gasteiger partial charge is 0.344 e. The lowest BCUT2D eigenvalue weighted by atomic mass is 9.95. The van der Waals surface area contributed by atoms with E-state index in [4.69, 9.17) is 27.9 Å². The van der Waals surface area contributed by atoms with Gasteiger partial charge >= 0.3 is 0 Å². The van der Waals surface area contributed by atoms with Crippen LogP contribution in [0, 0.1) is 0 Å².